The van der Waals surface area contributed by atoms with Crippen molar-refractivity contribution >= 4 is 33.2 Å². The second-order valence-corrected chi connectivity index (χ2v) is 7.70. The predicted octanol–water partition coefficient (Wildman–Crippen LogP) is 4.97. The minimum absolute atomic E-state index is 0.0297. The average molecular weight is 398 g/mol. The Balaban J connectivity index is 1.55. The van der Waals surface area contributed by atoms with E-state index in [0.29, 0.717) is 5.15 Å². The van der Waals surface area contributed by atoms with E-state index in [-0.39, 0.29) is 6.23 Å². The van der Waals surface area contributed by atoms with Crippen LogP contribution in [-0.4, -0.2) is 31.6 Å². The van der Waals surface area contributed by atoms with Crippen molar-refractivity contribution in [2.75, 3.05) is 6.61 Å². The van der Waals surface area contributed by atoms with Crippen LogP contribution in [0.15, 0.2) is 42.2 Å². The van der Waals surface area contributed by atoms with E-state index in [0.717, 1.165) is 52.0 Å². The van der Waals surface area contributed by atoms with Gasteiger partial charge in [-0.1, -0.05) is 23.7 Å². The van der Waals surface area contributed by atoms with E-state index in [1.807, 2.05) is 28.7 Å². The fourth-order valence-electron chi connectivity index (χ4n) is 3.41. The molecule has 0 bridgehead atoms. The topological polar surface area (TPSA) is 65.7 Å². The van der Waals surface area contributed by atoms with Gasteiger partial charge >= 0.3 is 0 Å². The number of halogens is 1. The molecule has 0 aliphatic carbocycles. The lowest BCUT2D eigenvalue weighted by molar-refractivity contribution is -0.0394. The van der Waals surface area contributed by atoms with E-state index in [9.17, 15) is 0 Å². The third-order valence-corrected chi connectivity index (χ3v) is 5.82. The van der Waals surface area contributed by atoms with Crippen LogP contribution in [-0.2, 0) is 4.74 Å². The molecule has 3 aromatic heterocycles. The zero-order valence-corrected chi connectivity index (χ0v) is 16.0. The van der Waals surface area contributed by atoms with Crippen molar-refractivity contribution in [3.05, 3.63) is 47.3 Å². The summed E-state index contributed by atoms with van der Waals surface area (Å²) >= 11 is 7.46. The molecule has 1 aliphatic heterocycles. The maximum Gasteiger partial charge on any atom is 0.151 e. The average Bonchev–Trinajstić information content (AvgIpc) is 3.39. The summed E-state index contributed by atoms with van der Waals surface area (Å²) in [7, 11) is 0. The number of rotatable bonds is 3. The Kier molecular flexibility index (Phi) is 4.35. The second-order valence-electron chi connectivity index (χ2n) is 6.46. The summed E-state index contributed by atoms with van der Waals surface area (Å²) in [4.78, 5) is 4.60. The molecule has 1 saturated heterocycles. The van der Waals surface area contributed by atoms with Gasteiger partial charge in [0.1, 0.15) is 6.23 Å². The van der Waals surface area contributed by atoms with E-state index < -0.39 is 0 Å². The number of nitrogens with zero attached hydrogens (tertiary/aromatic N) is 5. The van der Waals surface area contributed by atoms with Crippen molar-refractivity contribution in [2.24, 2.45) is 0 Å². The van der Waals surface area contributed by atoms with Gasteiger partial charge in [-0.05, 0) is 31.4 Å². The number of fused-ring (bicyclic) bond motifs is 1. The molecule has 4 heterocycles. The minimum Gasteiger partial charge on any atom is -0.357 e. The number of hydrogen-bond donors (Lipinski definition) is 0. The van der Waals surface area contributed by atoms with Crippen LogP contribution in [0.2, 0.25) is 5.15 Å². The van der Waals surface area contributed by atoms with Crippen LogP contribution >= 0.6 is 22.9 Å². The van der Waals surface area contributed by atoms with Gasteiger partial charge in [0, 0.05) is 29.5 Å². The van der Waals surface area contributed by atoms with Gasteiger partial charge in [-0.15, -0.1) is 21.5 Å². The highest BCUT2D eigenvalue weighted by Crippen LogP contribution is 2.37. The Morgan fingerprint density at radius 2 is 2.04 bits per heavy atom. The lowest BCUT2D eigenvalue weighted by Crippen LogP contribution is -2.18. The Morgan fingerprint density at radius 3 is 2.85 bits per heavy atom. The Hall–Kier alpha value is -2.35. The van der Waals surface area contributed by atoms with Crippen molar-refractivity contribution in [2.45, 2.75) is 25.5 Å². The second kappa shape index (κ2) is 6.99. The van der Waals surface area contributed by atoms with Crippen LogP contribution in [0.5, 0.6) is 0 Å². The third-order valence-electron chi connectivity index (χ3n) is 4.76. The largest absolute Gasteiger partial charge is 0.357 e. The van der Waals surface area contributed by atoms with Gasteiger partial charge in [0.05, 0.1) is 27.6 Å². The number of aromatic nitrogens is 5. The van der Waals surface area contributed by atoms with E-state index in [1.54, 1.807) is 17.4 Å². The number of benzene rings is 1. The van der Waals surface area contributed by atoms with E-state index in [2.05, 4.69) is 32.4 Å². The fourth-order valence-corrected chi connectivity index (χ4v) is 4.35. The molecular weight excluding hydrogens is 382 g/mol. The molecule has 136 valence electrons. The van der Waals surface area contributed by atoms with Gasteiger partial charge in [-0.3, -0.25) is 0 Å². The zero-order valence-electron chi connectivity index (χ0n) is 14.4. The van der Waals surface area contributed by atoms with Crippen LogP contribution in [0.4, 0.5) is 0 Å². The molecule has 0 amide bonds. The molecule has 4 aromatic rings. The third kappa shape index (κ3) is 3.12. The lowest BCUT2D eigenvalue weighted by atomic mass is 10.0. The maximum absolute atomic E-state index is 5.87. The molecule has 0 saturated carbocycles. The zero-order chi connectivity index (χ0) is 18.2. The molecular formula is C19H16ClN5OS. The highest BCUT2D eigenvalue weighted by molar-refractivity contribution is 7.17. The molecule has 1 aliphatic rings. The summed E-state index contributed by atoms with van der Waals surface area (Å²) in [6.07, 6.45) is 7.26. The van der Waals surface area contributed by atoms with Gasteiger partial charge in [0.25, 0.3) is 0 Å². The minimum atomic E-state index is 0.0297. The summed E-state index contributed by atoms with van der Waals surface area (Å²) in [6.45, 7) is 0.799. The van der Waals surface area contributed by atoms with Gasteiger partial charge in [-0.25, -0.2) is 9.67 Å². The van der Waals surface area contributed by atoms with Gasteiger partial charge < -0.3 is 4.74 Å². The molecule has 1 unspecified atom stereocenters. The number of ether oxygens (including phenoxy) is 1. The highest BCUT2D eigenvalue weighted by atomic mass is 35.5. The van der Waals surface area contributed by atoms with Crippen LogP contribution in [0.25, 0.3) is 32.6 Å². The molecule has 0 radical (unpaired) electrons. The Morgan fingerprint density at radius 1 is 1.11 bits per heavy atom. The van der Waals surface area contributed by atoms with Gasteiger partial charge in [0.2, 0.25) is 0 Å². The quantitative estimate of drug-likeness (QED) is 0.488. The SMILES string of the molecule is Clc1ccc(-c2ccc(-c3cnn(C4CCCCO4)c3)c3ncsc23)nn1. The highest BCUT2D eigenvalue weighted by Gasteiger charge is 2.19. The van der Waals surface area contributed by atoms with Crippen molar-refractivity contribution in [1.29, 1.82) is 0 Å². The first kappa shape index (κ1) is 16.8. The molecule has 6 nitrogen and oxygen atoms in total. The Labute approximate surface area is 164 Å². The maximum atomic E-state index is 5.87. The molecule has 1 atom stereocenters. The molecule has 0 spiro atoms. The van der Waals surface area contributed by atoms with Crippen molar-refractivity contribution in [3.63, 3.8) is 0 Å². The smallest absolute Gasteiger partial charge is 0.151 e. The molecule has 5 rings (SSSR count). The fraction of sp³-hybridized carbons (Fsp3) is 0.263. The summed E-state index contributed by atoms with van der Waals surface area (Å²) in [5.41, 5.74) is 6.68. The summed E-state index contributed by atoms with van der Waals surface area (Å²) < 4.78 is 8.83. The van der Waals surface area contributed by atoms with Gasteiger partial charge in [0.15, 0.2) is 5.15 Å². The normalized spacial score (nSPS) is 17.4. The van der Waals surface area contributed by atoms with E-state index >= 15 is 0 Å². The molecule has 1 fully saturated rings. The summed E-state index contributed by atoms with van der Waals surface area (Å²) in [5, 5.41) is 13.1. The predicted molar refractivity (Wildman–Crippen MR) is 106 cm³/mol. The van der Waals surface area contributed by atoms with Crippen LogP contribution < -0.4 is 0 Å². The van der Waals surface area contributed by atoms with E-state index in [1.165, 1.54) is 6.42 Å². The van der Waals surface area contributed by atoms with Crippen LogP contribution in [0.3, 0.4) is 0 Å². The standard InChI is InChI=1S/C19H16ClN5OS/c20-16-7-6-15(23-24-16)14-5-4-13(18-19(14)27-11-21-18)12-9-22-25(10-12)17-3-1-2-8-26-17/h4-7,9-11,17H,1-3,8H2. The van der Waals surface area contributed by atoms with Gasteiger partial charge in [-0.2, -0.15) is 5.10 Å². The summed E-state index contributed by atoms with van der Waals surface area (Å²) in [5.74, 6) is 0. The van der Waals surface area contributed by atoms with Crippen LogP contribution in [0, 0.1) is 0 Å². The Bertz CT molecular complexity index is 1090. The lowest BCUT2D eigenvalue weighted by Gasteiger charge is -2.22. The van der Waals surface area contributed by atoms with Crippen molar-refractivity contribution < 1.29 is 4.74 Å². The summed E-state index contributed by atoms with van der Waals surface area (Å²) in [6, 6.07) is 7.75. The first-order valence-electron chi connectivity index (χ1n) is 8.81. The molecule has 27 heavy (non-hydrogen) atoms. The van der Waals surface area contributed by atoms with Crippen molar-refractivity contribution in [3.8, 4) is 22.4 Å². The molecule has 1 aromatic carbocycles. The number of hydrogen-bond acceptors (Lipinski definition) is 6. The molecule has 0 N–H and O–H groups in total. The van der Waals surface area contributed by atoms with Crippen molar-refractivity contribution in [1.82, 2.24) is 25.0 Å². The number of thiazole rings is 1. The van der Waals surface area contributed by atoms with Crippen LogP contribution in [0.1, 0.15) is 25.5 Å². The monoisotopic (exact) mass is 397 g/mol. The first-order chi connectivity index (χ1) is 13.3. The molecule has 8 heteroatoms. The first-order valence-corrected chi connectivity index (χ1v) is 10.1. The van der Waals surface area contributed by atoms with E-state index in [4.69, 9.17) is 16.3 Å².